The smallest absolute Gasteiger partial charge is 0.238 e. The van der Waals surface area contributed by atoms with Crippen LogP contribution in [0.4, 0.5) is 0 Å². The molecule has 0 saturated carbocycles. The van der Waals surface area contributed by atoms with Crippen molar-refractivity contribution in [2.24, 2.45) is 5.41 Å². The summed E-state index contributed by atoms with van der Waals surface area (Å²) in [7, 11) is 0. The van der Waals surface area contributed by atoms with Crippen LogP contribution < -0.4 is 5.32 Å². The van der Waals surface area contributed by atoms with Crippen LogP contribution >= 0.6 is 0 Å². The maximum atomic E-state index is 12.2. The van der Waals surface area contributed by atoms with Gasteiger partial charge in [-0.2, -0.15) is 0 Å². The number of carbonyl (C=O) groups is 1. The maximum absolute atomic E-state index is 12.2. The quantitative estimate of drug-likeness (QED) is 0.887. The van der Waals surface area contributed by atoms with Gasteiger partial charge in [-0.05, 0) is 24.8 Å². The van der Waals surface area contributed by atoms with Crippen LogP contribution in [0.15, 0.2) is 24.3 Å². The first-order valence-electron chi connectivity index (χ1n) is 6.92. The largest absolute Gasteiger partial charge is 0.319 e. The molecule has 0 bridgehead atoms. The summed E-state index contributed by atoms with van der Waals surface area (Å²) in [5.74, 6) is 0.189. The predicted molar refractivity (Wildman–Crippen MR) is 77.7 cm³/mol. The van der Waals surface area contributed by atoms with Crippen molar-refractivity contribution in [3.8, 4) is 0 Å². The van der Waals surface area contributed by atoms with Crippen molar-refractivity contribution >= 4 is 5.91 Å². The van der Waals surface area contributed by atoms with Gasteiger partial charge in [0.2, 0.25) is 5.91 Å². The molecule has 3 heteroatoms. The van der Waals surface area contributed by atoms with Crippen LogP contribution in [0.25, 0.3) is 0 Å². The van der Waals surface area contributed by atoms with Crippen LogP contribution in [-0.2, 0) is 4.79 Å². The number of nitrogens with one attached hydrogen (secondary N) is 1. The molecular formula is C16H24N2O. The molecule has 1 fully saturated rings. The van der Waals surface area contributed by atoms with E-state index >= 15 is 0 Å². The van der Waals surface area contributed by atoms with Crippen LogP contribution in [0.1, 0.15) is 45.0 Å². The highest BCUT2D eigenvalue weighted by atomic mass is 16.2. The second-order valence-corrected chi connectivity index (χ2v) is 6.54. The van der Waals surface area contributed by atoms with Crippen molar-refractivity contribution in [2.45, 2.75) is 46.8 Å². The minimum absolute atomic E-state index is 0.00150. The van der Waals surface area contributed by atoms with Crippen LogP contribution in [0, 0.1) is 12.3 Å². The topological polar surface area (TPSA) is 32.3 Å². The molecule has 1 aromatic rings. The molecule has 1 aliphatic rings. The first kappa shape index (κ1) is 14.1. The SMILES string of the molecule is Cc1cccc(C2NCC(=O)N2C(C)C(C)(C)C)c1. The van der Waals surface area contributed by atoms with E-state index in [1.54, 1.807) is 0 Å². The molecule has 1 N–H and O–H groups in total. The molecule has 19 heavy (non-hydrogen) atoms. The fourth-order valence-corrected chi connectivity index (χ4v) is 2.49. The van der Waals surface area contributed by atoms with E-state index in [0.29, 0.717) is 6.54 Å². The van der Waals surface area contributed by atoms with E-state index in [9.17, 15) is 4.79 Å². The molecule has 0 aliphatic carbocycles. The van der Waals surface area contributed by atoms with Gasteiger partial charge in [-0.3, -0.25) is 10.1 Å². The van der Waals surface area contributed by atoms with E-state index in [0.717, 1.165) is 0 Å². The third-order valence-corrected chi connectivity index (χ3v) is 4.04. The Bertz CT molecular complexity index is 476. The molecular weight excluding hydrogens is 236 g/mol. The number of aryl methyl sites for hydroxylation is 1. The van der Waals surface area contributed by atoms with Crippen molar-refractivity contribution in [3.05, 3.63) is 35.4 Å². The molecule has 2 atom stereocenters. The van der Waals surface area contributed by atoms with Gasteiger partial charge in [0.15, 0.2) is 0 Å². The highest BCUT2D eigenvalue weighted by Gasteiger charge is 2.39. The molecule has 1 heterocycles. The molecule has 3 nitrogen and oxygen atoms in total. The average Bonchev–Trinajstić information content (AvgIpc) is 2.69. The van der Waals surface area contributed by atoms with E-state index < -0.39 is 0 Å². The van der Waals surface area contributed by atoms with Crippen molar-refractivity contribution < 1.29 is 4.79 Å². The monoisotopic (exact) mass is 260 g/mol. The van der Waals surface area contributed by atoms with Gasteiger partial charge >= 0.3 is 0 Å². The van der Waals surface area contributed by atoms with Crippen LogP contribution in [0.3, 0.4) is 0 Å². The lowest BCUT2D eigenvalue weighted by Crippen LogP contribution is -2.45. The number of benzene rings is 1. The fourth-order valence-electron chi connectivity index (χ4n) is 2.49. The summed E-state index contributed by atoms with van der Waals surface area (Å²) in [5.41, 5.74) is 2.47. The van der Waals surface area contributed by atoms with Gasteiger partial charge in [-0.25, -0.2) is 0 Å². The molecule has 104 valence electrons. The van der Waals surface area contributed by atoms with E-state index in [1.807, 2.05) is 4.90 Å². The first-order valence-corrected chi connectivity index (χ1v) is 6.92. The summed E-state index contributed by atoms with van der Waals surface area (Å²) < 4.78 is 0. The highest BCUT2D eigenvalue weighted by Crippen LogP contribution is 2.32. The molecule has 2 rings (SSSR count). The average molecular weight is 260 g/mol. The van der Waals surface area contributed by atoms with Crippen molar-refractivity contribution in [2.75, 3.05) is 6.54 Å². The summed E-state index contributed by atoms with van der Waals surface area (Å²) in [5, 5.41) is 3.33. The Labute approximate surface area is 116 Å². The molecule has 1 aliphatic heterocycles. The van der Waals surface area contributed by atoms with Gasteiger partial charge in [0.1, 0.15) is 6.17 Å². The standard InChI is InChI=1S/C16H24N2O/c1-11-7-6-8-13(9-11)15-17-10-14(19)18(15)12(2)16(3,4)5/h6-9,12,15,17H,10H2,1-5H3. The van der Waals surface area contributed by atoms with E-state index in [4.69, 9.17) is 0 Å². The second kappa shape index (κ2) is 4.97. The second-order valence-electron chi connectivity index (χ2n) is 6.54. The molecule has 2 unspecified atom stereocenters. The molecule has 1 saturated heterocycles. The zero-order chi connectivity index (χ0) is 14.2. The highest BCUT2D eigenvalue weighted by molar-refractivity contribution is 5.81. The number of hydrogen-bond donors (Lipinski definition) is 1. The summed E-state index contributed by atoms with van der Waals surface area (Å²) in [6.45, 7) is 11.2. The molecule has 1 amide bonds. The lowest BCUT2D eigenvalue weighted by molar-refractivity contribution is -0.132. The molecule has 0 radical (unpaired) electrons. The number of carbonyl (C=O) groups excluding carboxylic acids is 1. The van der Waals surface area contributed by atoms with Crippen LogP contribution in [0.5, 0.6) is 0 Å². The van der Waals surface area contributed by atoms with Crippen molar-refractivity contribution in [3.63, 3.8) is 0 Å². The molecule has 1 aromatic carbocycles. The van der Waals surface area contributed by atoms with Gasteiger partial charge < -0.3 is 4.90 Å². The number of amides is 1. The third-order valence-electron chi connectivity index (χ3n) is 4.04. The van der Waals surface area contributed by atoms with Gasteiger partial charge in [0.25, 0.3) is 0 Å². The molecule has 0 spiro atoms. The Hall–Kier alpha value is -1.35. The van der Waals surface area contributed by atoms with Crippen LogP contribution in [-0.4, -0.2) is 23.4 Å². The van der Waals surface area contributed by atoms with Gasteiger partial charge in [0, 0.05) is 6.04 Å². The number of nitrogens with zero attached hydrogens (tertiary/aromatic N) is 1. The van der Waals surface area contributed by atoms with Crippen LogP contribution in [0.2, 0.25) is 0 Å². The Kier molecular flexibility index (Phi) is 3.68. The Morgan fingerprint density at radius 1 is 1.37 bits per heavy atom. The van der Waals surface area contributed by atoms with Gasteiger partial charge in [-0.1, -0.05) is 50.6 Å². The fraction of sp³-hybridized carbons (Fsp3) is 0.562. The Morgan fingerprint density at radius 3 is 2.63 bits per heavy atom. The van der Waals surface area contributed by atoms with E-state index in [1.165, 1.54) is 11.1 Å². The number of rotatable bonds is 2. The summed E-state index contributed by atoms with van der Waals surface area (Å²) in [6, 6.07) is 8.57. The summed E-state index contributed by atoms with van der Waals surface area (Å²) >= 11 is 0. The zero-order valence-electron chi connectivity index (χ0n) is 12.5. The minimum Gasteiger partial charge on any atom is -0.319 e. The maximum Gasteiger partial charge on any atom is 0.238 e. The third kappa shape index (κ3) is 2.81. The minimum atomic E-state index is 0.00150. The Morgan fingerprint density at radius 2 is 2.05 bits per heavy atom. The van der Waals surface area contributed by atoms with E-state index in [-0.39, 0.29) is 23.5 Å². The zero-order valence-corrected chi connectivity index (χ0v) is 12.5. The van der Waals surface area contributed by atoms with Gasteiger partial charge in [0.05, 0.1) is 6.54 Å². The van der Waals surface area contributed by atoms with Gasteiger partial charge in [-0.15, -0.1) is 0 Å². The normalized spacial score (nSPS) is 21.8. The summed E-state index contributed by atoms with van der Waals surface area (Å²) in [4.78, 5) is 14.2. The predicted octanol–water partition coefficient (Wildman–Crippen LogP) is 2.86. The van der Waals surface area contributed by atoms with Crippen molar-refractivity contribution in [1.29, 1.82) is 0 Å². The van der Waals surface area contributed by atoms with E-state index in [2.05, 4.69) is 64.2 Å². The van der Waals surface area contributed by atoms with Crippen molar-refractivity contribution in [1.82, 2.24) is 10.2 Å². The summed E-state index contributed by atoms with van der Waals surface area (Å²) in [6.07, 6.45) is 0.00150. The first-order chi connectivity index (χ1) is 8.80. The number of hydrogen-bond acceptors (Lipinski definition) is 2. The lowest BCUT2D eigenvalue weighted by atomic mass is 9.86. The Balaban J connectivity index is 2.32. The molecule has 0 aromatic heterocycles. The lowest BCUT2D eigenvalue weighted by Gasteiger charge is -2.38.